The fraction of sp³-hybridized carbons (Fsp3) is 0.133. The summed E-state index contributed by atoms with van der Waals surface area (Å²) in [7, 11) is 0. The average molecular weight is 505 g/mol. The molecule has 0 aliphatic rings. The van der Waals surface area contributed by atoms with Crippen molar-refractivity contribution >= 4 is 33.5 Å². The highest BCUT2D eigenvalue weighted by atomic mass is 19.1. The van der Waals surface area contributed by atoms with Crippen LogP contribution in [-0.4, -0.2) is 31.1 Å². The standard InChI is InChI=1S/C30H25FN6O/c1-17(2)12-27(38)33-20-13-19(15-32-16-20)18-10-11-25-23(14-18)29(37-36-25)30-34-26-9-5-7-22(28(26)35-30)21-6-3-4-8-24(21)31/h3-11,13-17H,12H2,1-2H3,(H,33,38)(H,34,35)(H,36,37). The third-order valence-electron chi connectivity index (χ3n) is 6.41. The maximum atomic E-state index is 14.6. The van der Waals surface area contributed by atoms with Crippen molar-refractivity contribution in [1.82, 2.24) is 25.1 Å². The maximum Gasteiger partial charge on any atom is 0.224 e. The van der Waals surface area contributed by atoms with Gasteiger partial charge < -0.3 is 10.3 Å². The molecule has 6 aromatic rings. The number of hydrogen-bond acceptors (Lipinski definition) is 4. The van der Waals surface area contributed by atoms with Crippen molar-refractivity contribution in [2.45, 2.75) is 20.3 Å². The normalized spacial score (nSPS) is 11.5. The summed E-state index contributed by atoms with van der Waals surface area (Å²) in [6, 6.07) is 20.2. The molecule has 0 unspecified atom stereocenters. The van der Waals surface area contributed by atoms with Crippen LogP contribution >= 0.6 is 0 Å². The van der Waals surface area contributed by atoms with Crippen molar-refractivity contribution in [2.24, 2.45) is 5.92 Å². The molecule has 1 amide bonds. The minimum Gasteiger partial charge on any atom is -0.337 e. The Morgan fingerprint density at radius 2 is 1.79 bits per heavy atom. The van der Waals surface area contributed by atoms with Crippen molar-refractivity contribution in [2.75, 3.05) is 5.32 Å². The first-order chi connectivity index (χ1) is 18.5. The Hall–Kier alpha value is -4.85. The van der Waals surface area contributed by atoms with Crippen LogP contribution in [0.3, 0.4) is 0 Å². The van der Waals surface area contributed by atoms with Crippen LogP contribution in [0.1, 0.15) is 20.3 Å². The van der Waals surface area contributed by atoms with Gasteiger partial charge in [0.25, 0.3) is 0 Å². The van der Waals surface area contributed by atoms with E-state index in [1.165, 1.54) is 6.07 Å². The first-order valence-electron chi connectivity index (χ1n) is 12.4. The van der Waals surface area contributed by atoms with Crippen LogP contribution in [-0.2, 0) is 4.79 Å². The van der Waals surface area contributed by atoms with Crippen LogP contribution in [0.15, 0.2) is 79.1 Å². The largest absolute Gasteiger partial charge is 0.337 e. The number of pyridine rings is 1. The molecule has 7 nitrogen and oxygen atoms in total. The molecular formula is C30H25FN6O. The number of imidazole rings is 1. The van der Waals surface area contributed by atoms with Gasteiger partial charge in [-0.25, -0.2) is 9.37 Å². The minimum atomic E-state index is -0.296. The van der Waals surface area contributed by atoms with E-state index in [1.54, 1.807) is 24.5 Å². The molecule has 3 N–H and O–H groups in total. The highest BCUT2D eigenvalue weighted by molar-refractivity contribution is 5.98. The third-order valence-corrected chi connectivity index (χ3v) is 6.41. The van der Waals surface area contributed by atoms with Crippen LogP contribution in [0, 0.1) is 11.7 Å². The lowest BCUT2D eigenvalue weighted by Gasteiger charge is -2.09. The van der Waals surface area contributed by atoms with Crippen molar-refractivity contribution in [3.05, 3.63) is 84.9 Å². The van der Waals surface area contributed by atoms with E-state index in [9.17, 15) is 9.18 Å². The number of halogens is 1. The molecule has 188 valence electrons. The number of aromatic nitrogens is 5. The fourth-order valence-electron chi connectivity index (χ4n) is 4.66. The van der Waals surface area contributed by atoms with E-state index in [4.69, 9.17) is 4.98 Å². The number of nitrogens with zero attached hydrogens (tertiary/aromatic N) is 3. The number of hydrogen-bond donors (Lipinski definition) is 3. The molecular weight excluding hydrogens is 479 g/mol. The van der Waals surface area contributed by atoms with Gasteiger partial charge in [0.05, 0.1) is 28.4 Å². The fourth-order valence-corrected chi connectivity index (χ4v) is 4.66. The van der Waals surface area contributed by atoms with Gasteiger partial charge in [-0.3, -0.25) is 14.9 Å². The predicted molar refractivity (Wildman–Crippen MR) is 148 cm³/mol. The lowest BCUT2D eigenvalue weighted by molar-refractivity contribution is -0.116. The molecule has 3 aromatic heterocycles. The maximum absolute atomic E-state index is 14.6. The van der Waals surface area contributed by atoms with E-state index >= 15 is 0 Å². The summed E-state index contributed by atoms with van der Waals surface area (Å²) in [4.78, 5) is 24.7. The Bertz CT molecular complexity index is 1800. The summed E-state index contributed by atoms with van der Waals surface area (Å²) in [5.41, 5.74) is 6.64. The SMILES string of the molecule is CC(C)CC(=O)Nc1cncc(-c2ccc3[nH]nc(-c4nc5c(-c6ccccc6F)cccc5[nH]4)c3c2)c1. The number of anilines is 1. The van der Waals surface area contributed by atoms with E-state index in [2.05, 4.69) is 25.5 Å². The Morgan fingerprint density at radius 3 is 2.63 bits per heavy atom. The lowest BCUT2D eigenvalue weighted by atomic mass is 10.0. The number of nitrogens with one attached hydrogen (secondary N) is 3. The molecule has 0 bridgehead atoms. The summed E-state index contributed by atoms with van der Waals surface area (Å²) >= 11 is 0. The lowest BCUT2D eigenvalue weighted by Crippen LogP contribution is -2.13. The Morgan fingerprint density at radius 1 is 0.947 bits per heavy atom. The minimum absolute atomic E-state index is 0.0360. The van der Waals surface area contributed by atoms with Crippen molar-refractivity contribution in [1.29, 1.82) is 0 Å². The number of aromatic amines is 2. The molecule has 0 aliphatic heterocycles. The van der Waals surface area contributed by atoms with Crippen LogP contribution in [0.2, 0.25) is 0 Å². The van der Waals surface area contributed by atoms with Crippen LogP contribution in [0.5, 0.6) is 0 Å². The van der Waals surface area contributed by atoms with Gasteiger partial charge in [-0.2, -0.15) is 5.10 Å². The molecule has 0 fully saturated rings. The quantitative estimate of drug-likeness (QED) is 0.228. The molecule has 0 aliphatic carbocycles. The number of carbonyl (C=O) groups is 1. The van der Waals surface area contributed by atoms with Crippen LogP contribution in [0.4, 0.5) is 10.1 Å². The van der Waals surface area contributed by atoms with Crippen LogP contribution in [0.25, 0.3) is 55.7 Å². The van der Waals surface area contributed by atoms with Crippen molar-refractivity contribution in [3.63, 3.8) is 0 Å². The topological polar surface area (TPSA) is 99.3 Å². The van der Waals surface area contributed by atoms with Crippen LogP contribution < -0.4 is 5.32 Å². The highest BCUT2D eigenvalue weighted by Crippen LogP contribution is 2.34. The highest BCUT2D eigenvalue weighted by Gasteiger charge is 2.17. The summed E-state index contributed by atoms with van der Waals surface area (Å²) in [6.07, 6.45) is 3.86. The number of fused-ring (bicyclic) bond motifs is 2. The Labute approximate surface area is 218 Å². The smallest absolute Gasteiger partial charge is 0.224 e. The van der Waals surface area contributed by atoms with Crippen molar-refractivity contribution < 1.29 is 9.18 Å². The van der Waals surface area contributed by atoms with E-state index < -0.39 is 0 Å². The third kappa shape index (κ3) is 4.41. The molecule has 0 saturated carbocycles. The summed E-state index contributed by atoms with van der Waals surface area (Å²) in [5.74, 6) is 0.524. The van der Waals surface area contributed by atoms with E-state index in [0.717, 1.165) is 27.5 Å². The summed E-state index contributed by atoms with van der Waals surface area (Å²) in [6.45, 7) is 4.02. The number of H-pyrrole nitrogens is 2. The molecule has 0 radical (unpaired) electrons. The van der Waals surface area contributed by atoms with E-state index in [0.29, 0.717) is 40.3 Å². The van der Waals surface area contributed by atoms with E-state index in [1.807, 2.05) is 62.4 Å². The van der Waals surface area contributed by atoms with Gasteiger partial charge in [0.15, 0.2) is 5.82 Å². The first kappa shape index (κ1) is 23.5. The second-order valence-electron chi connectivity index (χ2n) is 9.71. The Balaban J connectivity index is 1.39. The summed E-state index contributed by atoms with van der Waals surface area (Å²) in [5, 5.41) is 11.4. The van der Waals surface area contributed by atoms with Gasteiger partial charge in [-0.15, -0.1) is 0 Å². The molecule has 38 heavy (non-hydrogen) atoms. The van der Waals surface area contributed by atoms with E-state index in [-0.39, 0.29) is 17.6 Å². The first-order valence-corrected chi connectivity index (χ1v) is 12.4. The molecule has 0 saturated heterocycles. The molecule has 8 heteroatoms. The predicted octanol–water partition coefficient (Wildman–Crippen LogP) is 6.96. The van der Waals surface area contributed by atoms with Crippen molar-refractivity contribution in [3.8, 4) is 33.8 Å². The zero-order chi connectivity index (χ0) is 26.2. The van der Waals surface area contributed by atoms with Gasteiger partial charge in [0.1, 0.15) is 11.5 Å². The molecule has 0 atom stereocenters. The molecule has 6 rings (SSSR count). The number of rotatable bonds is 6. The molecule has 3 heterocycles. The van der Waals surface area contributed by atoms with Gasteiger partial charge in [0.2, 0.25) is 5.91 Å². The molecule has 3 aromatic carbocycles. The van der Waals surface area contributed by atoms with Gasteiger partial charge in [-0.1, -0.05) is 50.2 Å². The molecule has 0 spiro atoms. The number of amides is 1. The van der Waals surface area contributed by atoms with Gasteiger partial charge >= 0.3 is 0 Å². The summed E-state index contributed by atoms with van der Waals surface area (Å²) < 4.78 is 14.6. The monoisotopic (exact) mass is 504 g/mol. The zero-order valence-electron chi connectivity index (χ0n) is 20.9. The zero-order valence-corrected chi connectivity index (χ0v) is 20.9. The Kier molecular flexibility index (Phi) is 5.92. The van der Waals surface area contributed by atoms with Gasteiger partial charge in [-0.05, 0) is 41.8 Å². The van der Waals surface area contributed by atoms with Gasteiger partial charge in [0, 0.05) is 34.7 Å². The number of carbonyl (C=O) groups excluding carboxylic acids is 1. The average Bonchev–Trinajstić information content (AvgIpc) is 3.52. The number of benzene rings is 3. The second kappa shape index (κ2) is 9.55. The number of para-hydroxylation sites is 1. The second-order valence-corrected chi connectivity index (χ2v) is 9.71.